The van der Waals surface area contributed by atoms with Gasteiger partial charge in [-0.2, -0.15) is 0 Å². The molecule has 37 heavy (non-hydrogen) atoms. The predicted molar refractivity (Wildman–Crippen MR) is 135 cm³/mol. The van der Waals surface area contributed by atoms with Crippen molar-refractivity contribution >= 4 is 29.7 Å². The number of hydrogen-bond acceptors (Lipinski definition) is 8. The van der Waals surface area contributed by atoms with E-state index in [0.29, 0.717) is 12.0 Å². The molecule has 14 nitrogen and oxygen atoms in total. The van der Waals surface area contributed by atoms with Crippen LogP contribution >= 0.6 is 0 Å². The van der Waals surface area contributed by atoms with E-state index in [1.807, 2.05) is 0 Å². The molecule has 0 saturated carbocycles. The number of guanidine groups is 1. The highest BCUT2D eigenvalue weighted by molar-refractivity contribution is 5.94. The average Bonchev–Trinajstić information content (AvgIpc) is 2.82. The molecule has 0 bridgehead atoms. The number of nitrogens with one attached hydrogen (secondary N) is 3. The highest BCUT2D eigenvalue weighted by atomic mass is 16.4. The summed E-state index contributed by atoms with van der Waals surface area (Å²) in [6, 6.07) is 3.13. The Hall–Kier alpha value is -3.75. The molecule has 3 amide bonds. The first-order valence-corrected chi connectivity index (χ1v) is 11.7. The highest BCUT2D eigenvalue weighted by Crippen LogP contribution is 2.06. The molecule has 6 atom stereocenters. The van der Waals surface area contributed by atoms with Crippen LogP contribution in [-0.4, -0.2) is 87.9 Å². The summed E-state index contributed by atoms with van der Waals surface area (Å²) in [6.45, 7) is 2.71. The molecule has 0 spiro atoms. The van der Waals surface area contributed by atoms with E-state index in [2.05, 4.69) is 20.9 Å². The van der Waals surface area contributed by atoms with E-state index in [1.165, 1.54) is 13.8 Å². The van der Waals surface area contributed by atoms with Crippen LogP contribution in [0, 0.1) is 0 Å². The largest absolute Gasteiger partial charge is 0.480 e. The topological polar surface area (TPSA) is 255 Å². The summed E-state index contributed by atoms with van der Waals surface area (Å²) in [5, 5.41) is 36.6. The minimum absolute atomic E-state index is 0.0319. The molecule has 0 aromatic heterocycles. The zero-order chi connectivity index (χ0) is 28.1. The number of rotatable bonds is 15. The summed E-state index contributed by atoms with van der Waals surface area (Å²) in [4.78, 5) is 53.5. The maximum atomic E-state index is 12.8. The van der Waals surface area contributed by atoms with Gasteiger partial charge in [0.2, 0.25) is 17.7 Å². The van der Waals surface area contributed by atoms with Gasteiger partial charge in [-0.05, 0) is 32.3 Å². The van der Waals surface area contributed by atoms with Crippen molar-refractivity contribution < 1.29 is 34.5 Å². The maximum absolute atomic E-state index is 12.8. The van der Waals surface area contributed by atoms with Crippen LogP contribution in [0.1, 0.15) is 32.3 Å². The van der Waals surface area contributed by atoms with Crippen LogP contribution in [0.25, 0.3) is 0 Å². The molecule has 0 saturated heterocycles. The third-order valence-corrected chi connectivity index (χ3v) is 5.33. The van der Waals surface area contributed by atoms with Gasteiger partial charge in [-0.25, -0.2) is 4.79 Å². The Bertz CT molecular complexity index is 937. The molecule has 12 N–H and O–H groups in total. The Kier molecular flexibility index (Phi) is 13.0. The van der Waals surface area contributed by atoms with E-state index in [-0.39, 0.29) is 25.3 Å². The monoisotopic (exact) mass is 523 g/mol. The molecule has 206 valence electrons. The summed E-state index contributed by atoms with van der Waals surface area (Å²) in [5.74, 6) is -4.09. The number of aliphatic hydroxyl groups is 2. The smallest absolute Gasteiger partial charge is 0.326 e. The minimum atomic E-state index is -1.57. The predicted octanol–water partition coefficient (Wildman–Crippen LogP) is -3.09. The minimum Gasteiger partial charge on any atom is -0.480 e. The summed E-state index contributed by atoms with van der Waals surface area (Å²) >= 11 is 0. The maximum Gasteiger partial charge on any atom is 0.326 e. The Morgan fingerprint density at radius 2 is 1.41 bits per heavy atom. The van der Waals surface area contributed by atoms with Gasteiger partial charge < -0.3 is 48.5 Å². The van der Waals surface area contributed by atoms with Crippen molar-refractivity contribution in [3.63, 3.8) is 0 Å². The summed E-state index contributed by atoms with van der Waals surface area (Å²) in [7, 11) is 0. The first-order chi connectivity index (χ1) is 17.3. The van der Waals surface area contributed by atoms with Crippen molar-refractivity contribution in [2.45, 2.75) is 69.5 Å². The van der Waals surface area contributed by atoms with E-state index in [1.54, 1.807) is 30.3 Å². The lowest BCUT2D eigenvalue weighted by atomic mass is 10.0. The molecule has 0 fully saturated rings. The lowest BCUT2D eigenvalue weighted by molar-refractivity contribution is -0.143. The van der Waals surface area contributed by atoms with Gasteiger partial charge in [0.05, 0.1) is 18.2 Å². The molecule has 0 radical (unpaired) electrons. The SMILES string of the molecule is CC(O)C(NC(=O)C(N)CCCN=C(N)N)C(=O)NC(C(=O)NC(Cc1ccccc1)C(=O)O)C(C)O. The number of nitrogens with zero attached hydrogens (tertiary/aromatic N) is 1. The number of carbonyl (C=O) groups is 4. The number of nitrogens with two attached hydrogens (primary N) is 3. The molecule has 0 aliphatic carbocycles. The number of aliphatic hydroxyl groups excluding tert-OH is 2. The third-order valence-electron chi connectivity index (χ3n) is 5.33. The summed E-state index contributed by atoms with van der Waals surface area (Å²) in [6.07, 6.45) is -2.28. The molecular weight excluding hydrogens is 486 g/mol. The van der Waals surface area contributed by atoms with Gasteiger partial charge >= 0.3 is 5.97 Å². The van der Waals surface area contributed by atoms with Crippen LogP contribution in [0.2, 0.25) is 0 Å². The average molecular weight is 524 g/mol. The Morgan fingerprint density at radius 3 is 1.89 bits per heavy atom. The molecular formula is C23H37N7O7. The lowest BCUT2D eigenvalue weighted by Crippen LogP contribution is -2.62. The number of carboxylic acids is 1. The van der Waals surface area contributed by atoms with Crippen molar-refractivity contribution in [2.24, 2.45) is 22.2 Å². The zero-order valence-electron chi connectivity index (χ0n) is 20.8. The molecule has 6 unspecified atom stereocenters. The zero-order valence-corrected chi connectivity index (χ0v) is 20.8. The Balaban J connectivity index is 2.85. The molecule has 1 rings (SSSR count). The number of carboxylic acid groups (broad SMARTS) is 1. The molecule has 0 aliphatic heterocycles. The first kappa shape index (κ1) is 31.3. The van der Waals surface area contributed by atoms with E-state index in [0.717, 1.165) is 0 Å². The van der Waals surface area contributed by atoms with Gasteiger partial charge in [-0.1, -0.05) is 30.3 Å². The normalized spacial score (nSPS) is 15.7. The van der Waals surface area contributed by atoms with Gasteiger partial charge in [-0.3, -0.25) is 19.4 Å². The Morgan fingerprint density at radius 1 is 0.892 bits per heavy atom. The quantitative estimate of drug-likeness (QED) is 0.0636. The number of benzene rings is 1. The second kappa shape index (κ2) is 15.4. The van der Waals surface area contributed by atoms with Crippen LogP contribution in [0.3, 0.4) is 0 Å². The fourth-order valence-electron chi connectivity index (χ4n) is 3.28. The van der Waals surface area contributed by atoms with Gasteiger partial charge in [0.25, 0.3) is 0 Å². The third kappa shape index (κ3) is 11.2. The summed E-state index contributed by atoms with van der Waals surface area (Å²) in [5.41, 5.74) is 16.9. The van der Waals surface area contributed by atoms with Crippen LogP contribution in [-0.2, 0) is 25.6 Å². The molecule has 14 heteroatoms. The second-order valence-electron chi connectivity index (χ2n) is 8.60. The lowest BCUT2D eigenvalue weighted by Gasteiger charge is -2.27. The second-order valence-corrected chi connectivity index (χ2v) is 8.60. The fraction of sp³-hybridized carbons (Fsp3) is 0.522. The standard InChI is InChI=1S/C23H37N7O7/c1-12(31)17(20(34)28-16(22(36)37)11-14-7-4-3-5-8-14)30-21(35)18(13(2)32)29-19(33)15(24)9-6-10-27-23(25)26/h3-5,7-8,12-13,15-18,31-32H,6,9-11,24H2,1-2H3,(H,28,34)(H,29,33)(H,30,35)(H,36,37)(H4,25,26,27). The first-order valence-electron chi connectivity index (χ1n) is 11.7. The van der Waals surface area contributed by atoms with Crippen LogP contribution < -0.4 is 33.2 Å². The number of aliphatic imine (C=N–C) groups is 1. The molecule has 1 aromatic carbocycles. The van der Waals surface area contributed by atoms with Gasteiger partial charge in [0.15, 0.2) is 5.96 Å². The van der Waals surface area contributed by atoms with Gasteiger partial charge in [0, 0.05) is 13.0 Å². The molecule has 0 heterocycles. The summed E-state index contributed by atoms with van der Waals surface area (Å²) < 4.78 is 0. The van der Waals surface area contributed by atoms with Crippen molar-refractivity contribution in [1.29, 1.82) is 0 Å². The fourth-order valence-corrected chi connectivity index (χ4v) is 3.28. The highest BCUT2D eigenvalue weighted by Gasteiger charge is 2.34. The van der Waals surface area contributed by atoms with Gasteiger partial charge in [0.1, 0.15) is 18.1 Å². The molecule has 0 aliphatic rings. The van der Waals surface area contributed by atoms with Crippen LogP contribution in [0.4, 0.5) is 0 Å². The van der Waals surface area contributed by atoms with Crippen molar-refractivity contribution in [1.82, 2.24) is 16.0 Å². The number of carbonyl (C=O) groups excluding carboxylic acids is 3. The number of amides is 3. The van der Waals surface area contributed by atoms with Gasteiger partial charge in [-0.15, -0.1) is 0 Å². The Labute approximate surface area is 214 Å². The van der Waals surface area contributed by atoms with Crippen LogP contribution in [0.5, 0.6) is 0 Å². The van der Waals surface area contributed by atoms with E-state index in [9.17, 15) is 34.5 Å². The van der Waals surface area contributed by atoms with E-state index >= 15 is 0 Å². The number of hydrogen-bond donors (Lipinski definition) is 9. The van der Waals surface area contributed by atoms with Crippen molar-refractivity contribution in [3.8, 4) is 0 Å². The van der Waals surface area contributed by atoms with Crippen molar-refractivity contribution in [3.05, 3.63) is 35.9 Å². The van der Waals surface area contributed by atoms with E-state index < -0.39 is 60.1 Å². The number of aliphatic carboxylic acids is 1. The van der Waals surface area contributed by atoms with E-state index in [4.69, 9.17) is 17.2 Å². The van der Waals surface area contributed by atoms with Crippen molar-refractivity contribution in [2.75, 3.05) is 6.54 Å². The molecule has 1 aromatic rings. The van der Waals surface area contributed by atoms with Crippen LogP contribution in [0.15, 0.2) is 35.3 Å².